The first-order valence-corrected chi connectivity index (χ1v) is 5.58. The van der Waals surface area contributed by atoms with E-state index in [1.54, 1.807) is 0 Å². The summed E-state index contributed by atoms with van der Waals surface area (Å²) in [6.45, 7) is 0. The lowest BCUT2D eigenvalue weighted by molar-refractivity contribution is -0.137. The van der Waals surface area contributed by atoms with Crippen LogP contribution >= 0.6 is 11.8 Å². The fourth-order valence-electron chi connectivity index (χ4n) is 1.36. The average Bonchev–Trinajstić information content (AvgIpc) is 2.26. The first-order valence-electron chi connectivity index (χ1n) is 4.59. The van der Waals surface area contributed by atoms with Gasteiger partial charge in [-0.15, -0.1) is 11.8 Å². The molecule has 1 aliphatic rings. The smallest absolute Gasteiger partial charge is 0.315 e. The Hall–Kier alpha value is -0.950. The Morgan fingerprint density at radius 2 is 2.29 bits per heavy atom. The third kappa shape index (κ3) is 3.08. The Morgan fingerprint density at radius 1 is 1.57 bits per heavy atom. The Morgan fingerprint density at radius 3 is 2.93 bits per heavy atom. The number of allylic oxidation sites excluding steroid dienone is 2. The highest BCUT2D eigenvalue weighted by atomic mass is 32.2. The predicted octanol–water partition coefficient (Wildman–Crippen LogP) is 2.24. The molecule has 0 radical (unpaired) electrons. The summed E-state index contributed by atoms with van der Waals surface area (Å²) in [5.74, 6) is 0.0853. The van der Waals surface area contributed by atoms with E-state index in [0.29, 0.717) is 5.75 Å². The summed E-state index contributed by atoms with van der Waals surface area (Å²) in [5.41, 5.74) is 0.852. The quantitative estimate of drug-likeness (QED) is 0.672. The predicted molar refractivity (Wildman–Crippen MR) is 55.6 cm³/mol. The van der Waals surface area contributed by atoms with Gasteiger partial charge in [-0.2, -0.15) is 5.26 Å². The van der Waals surface area contributed by atoms with E-state index in [-0.39, 0.29) is 5.97 Å². The molecule has 0 fully saturated rings. The molecule has 3 nitrogen and oxygen atoms in total. The van der Waals surface area contributed by atoms with Crippen LogP contribution in [0.1, 0.15) is 25.7 Å². The maximum atomic E-state index is 10.9. The highest BCUT2D eigenvalue weighted by Gasteiger charge is 2.14. The van der Waals surface area contributed by atoms with Gasteiger partial charge in [0, 0.05) is 5.57 Å². The van der Waals surface area contributed by atoms with Crippen molar-refractivity contribution in [3.05, 3.63) is 10.5 Å². The molecule has 0 unspecified atom stereocenters. The van der Waals surface area contributed by atoms with E-state index in [1.807, 2.05) is 0 Å². The average molecular weight is 211 g/mol. The highest BCUT2D eigenvalue weighted by Crippen LogP contribution is 2.32. The van der Waals surface area contributed by atoms with E-state index in [0.717, 1.165) is 36.2 Å². The van der Waals surface area contributed by atoms with E-state index in [9.17, 15) is 4.79 Å². The number of methoxy groups -OCH3 is 1. The molecule has 0 spiro atoms. The number of thioether (sulfide) groups is 1. The van der Waals surface area contributed by atoms with Crippen LogP contribution in [-0.2, 0) is 9.53 Å². The molecule has 0 aromatic carbocycles. The van der Waals surface area contributed by atoms with Crippen molar-refractivity contribution in [2.75, 3.05) is 12.9 Å². The van der Waals surface area contributed by atoms with Gasteiger partial charge in [0.25, 0.3) is 0 Å². The van der Waals surface area contributed by atoms with E-state index in [2.05, 4.69) is 10.8 Å². The van der Waals surface area contributed by atoms with E-state index < -0.39 is 0 Å². The number of rotatable bonds is 3. The second kappa shape index (κ2) is 5.71. The van der Waals surface area contributed by atoms with Crippen LogP contribution in [-0.4, -0.2) is 18.8 Å². The molecule has 0 heterocycles. The van der Waals surface area contributed by atoms with Gasteiger partial charge < -0.3 is 4.74 Å². The zero-order valence-electron chi connectivity index (χ0n) is 8.21. The third-order valence-corrected chi connectivity index (χ3v) is 3.32. The van der Waals surface area contributed by atoms with Crippen molar-refractivity contribution in [2.24, 2.45) is 0 Å². The van der Waals surface area contributed by atoms with Crippen LogP contribution < -0.4 is 0 Å². The van der Waals surface area contributed by atoms with E-state index in [1.165, 1.54) is 18.9 Å². The van der Waals surface area contributed by atoms with Gasteiger partial charge in [0.05, 0.1) is 18.9 Å². The molecule has 0 N–H and O–H groups in total. The molecule has 0 aromatic rings. The Bertz CT molecular complexity index is 291. The van der Waals surface area contributed by atoms with Crippen LogP contribution in [0.2, 0.25) is 0 Å². The summed E-state index contributed by atoms with van der Waals surface area (Å²) in [6.07, 6.45) is 4.00. The zero-order valence-corrected chi connectivity index (χ0v) is 9.02. The third-order valence-electron chi connectivity index (χ3n) is 2.14. The molecule has 0 amide bonds. The lowest BCUT2D eigenvalue weighted by atomic mass is 10.0. The summed E-state index contributed by atoms with van der Waals surface area (Å²) in [6, 6.07) is 2.20. The molecule has 1 rings (SSSR count). The fourth-order valence-corrected chi connectivity index (χ4v) is 2.38. The molecule has 14 heavy (non-hydrogen) atoms. The van der Waals surface area contributed by atoms with Crippen molar-refractivity contribution in [1.82, 2.24) is 0 Å². The molecule has 0 aromatic heterocycles. The summed E-state index contributed by atoms with van der Waals surface area (Å²) in [7, 11) is 1.38. The van der Waals surface area contributed by atoms with Gasteiger partial charge in [-0.3, -0.25) is 4.79 Å². The topological polar surface area (TPSA) is 50.1 Å². The number of nitrogens with zero attached hydrogens (tertiary/aromatic N) is 1. The van der Waals surface area contributed by atoms with Crippen molar-refractivity contribution in [1.29, 1.82) is 5.26 Å². The lowest BCUT2D eigenvalue weighted by Crippen LogP contribution is -2.05. The minimum Gasteiger partial charge on any atom is -0.468 e. The standard InChI is InChI=1S/C10H13NO2S/c1-13-10(12)7-14-9-5-3-2-4-8(9)6-11/h2-5,7H2,1H3. The van der Waals surface area contributed by atoms with Gasteiger partial charge >= 0.3 is 5.97 Å². The molecule has 0 saturated heterocycles. The Kier molecular flexibility index (Phi) is 4.54. The number of carbonyl (C=O) groups excluding carboxylic acids is 1. The Balaban J connectivity index is 2.53. The molecule has 1 aliphatic carbocycles. The molecular formula is C10H13NO2S. The van der Waals surface area contributed by atoms with E-state index in [4.69, 9.17) is 5.26 Å². The molecule has 76 valence electrons. The van der Waals surface area contributed by atoms with Crippen molar-refractivity contribution in [3.63, 3.8) is 0 Å². The maximum absolute atomic E-state index is 10.9. The Labute approximate surface area is 88.1 Å². The number of hydrogen-bond donors (Lipinski definition) is 0. The van der Waals surface area contributed by atoms with Crippen LogP contribution in [0.15, 0.2) is 10.5 Å². The summed E-state index contributed by atoms with van der Waals surface area (Å²) >= 11 is 1.45. The van der Waals surface area contributed by atoms with Crippen LogP contribution in [0.25, 0.3) is 0 Å². The maximum Gasteiger partial charge on any atom is 0.315 e. The summed E-state index contributed by atoms with van der Waals surface area (Å²) in [5, 5.41) is 8.85. The van der Waals surface area contributed by atoms with Gasteiger partial charge in [-0.25, -0.2) is 0 Å². The second-order valence-electron chi connectivity index (χ2n) is 3.09. The van der Waals surface area contributed by atoms with Gasteiger partial charge in [0.15, 0.2) is 0 Å². The van der Waals surface area contributed by atoms with Crippen LogP contribution in [0.5, 0.6) is 0 Å². The zero-order chi connectivity index (χ0) is 10.4. The molecule has 4 heteroatoms. The number of ether oxygens (including phenoxy) is 1. The lowest BCUT2D eigenvalue weighted by Gasteiger charge is -2.14. The molecule has 0 saturated carbocycles. The minimum absolute atomic E-state index is 0.231. The fraction of sp³-hybridized carbons (Fsp3) is 0.600. The van der Waals surface area contributed by atoms with Crippen molar-refractivity contribution >= 4 is 17.7 Å². The van der Waals surface area contributed by atoms with Crippen LogP contribution in [0.4, 0.5) is 0 Å². The number of carbonyl (C=O) groups is 1. The second-order valence-corrected chi connectivity index (χ2v) is 4.16. The SMILES string of the molecule is COC(=O)CSC1=C(C#N)CCCC1. The first kappa shape index (κ1) is 11.1. The minimum atomic E-state index is -0.231. The summed E-state index contributed by atoms with van der Waals surface area (Å²) in [4.78, 5) is 12.0. The number of esters is 1. The van der Waals surface area contributed by atoms with Crippen molar-refractivity contribution in [3.8, 4) is 6.07 Å². The molecule has 0 bridgehead atoms. The van der Waals surface area contributed by atoms with Crippen molar-refractivity contribution < 1.29 is 9.53 Å². The normalized spacial score (nSPS) is 16.3. The number of nitriles is 1. The monoisotopic (exact) mass is 211 g/mol. The summed E-state index contributed by atoms with van der Waals surface area (Å²) < 4.78 is 4.54. The number of hydrogen-bond acceptors (Lipinski definition) is 4. The molecule has 0 atom stereocenters. The van der Waals surface area contributed by atoms with Crippen molar-refractivity contribution in [2.45, 2.75) is 25.7 Å². The van der Waals surface area contributed by atoms with Crippen LogP contribution in [0.3, 0.4) is 0 Å². The largest absolute Gasteiger partial charge is 0.468 e. The van der Waals surface area contributed by atoms with E-state index >= 15 is 0 Å². The van der Waals surface area contributed by atoms with Crippen LogP contribution in [0, 0.1) is 11.3 Å². The highest BCUT2D eigenvalue weighted by molar-refractivity contribution is 8.03. The first-order chi connectivity index (χ1) is 6.77. The molecular weight excluding hydrogens is 198 g/mol. The van der Waals surface area contributed by atoms with Gasteiger partial charge in [0.2, 0.25) is 0 Å². The van der Waals surface area contributed by atoms with Gasteiger partial charge in [-0.05, 0) is 30.6 Å². The van der Waals surface area contributed by atoms with Gasteiger partial charge in [0.1, 0.15) is 0 Å². The molecule has 0 aliphatic heterocycles. The van der Waals surface area contributed by atoms with Gasteiger partial charge in [-0.1, -0.05) is 0 Å².